The third-order valence-corrected chi connectivity index (χ3v) is 2.95. The summed E-state index contributed by atoms with van der Waals surface area (Å²) in [6, 6.07) is 11.3. The molecule has 0 aromatic heterocycles. The monoisotopic (exact) mass is 213 g/mol. The fourth-order valence-electron chi connectivity index (χ4n) is 2.05. The van der Waals surface area contributed by atoms with E-state index in [4.69, 9.17) is 5.26 Å². The average Bonchev–Trinajstić information content (AvgIpc) is 2.30. The molecule has 0 bridgehead atoms. The van der Waals surface area contributed by atoms with Crippen LogP contribution < -0.4 is 0 Å². The Labute approximate surface area is 93.7 Å². The molecule has 1 fully saturated rings. The molecule has 2 unspecified atom stereocenters. The minimum atomic E-state index is -0.622. The first-order valence-electron chi connectivity index (χ1n) is 5.22. The standard InChI is InChI=1S/C13H11NO2/c14-8-10-6-11(13(16)7-12(10)15)9-4-2-1-3-5-9/h1-5,10-11H,6-7H2. The van der Waals surface area contributed by atoms with Gasteiger partial charge in [-0.05, 0) is 12.0 Å². The fourth-order valence-corrected chi connectivity index (χ4v) is 2.05. The van der Waals surface area contributed by atoms with Gasteiger partial charge >= 0.3 is 0 Å². The third-order valence-electron chi connectivity index (χ3n) is 2.95. The number of ketones is 2. The lowest BCUT2D eigenvalue weighted by molar-refractivity contribution is -0.132. The molecule has 80 valence electrons. The summed E-state index contributed by atoms with van der Waals surface area (Å²) in [4.78, 5) is 23.1. The number of hydrogen-bond donors (Lipinski definition) is 0. The molecule has 16 heavy (non-hydrogen) atoms. The van der Waals surface area contributed by atoms with E-state index in [0.29, 0.717) is 6.42 Å². The average molecular weight is 213 g/mol. The van der Waals surface area contributed by atoms with Crippen molar-refractivity contribution >= 4 is 11.6 Å². The fraction of sp³-hybridized carbons (Fsp3) is 0.308. The Kier molecular flexibility index (Phi) is 2.82. The number of hydrogen-bond acceptors (Lipinski definition) is 3. The van der Waals surface area contributed by atoms with Crippen molar-refractivity contribution in [2.75, 3.05) is 0 Å². The van der Waals surface area contributed by atoms with E-state index in [1.807, 2.05) is 36.4 Å². The van der Waals surface area contributed by atoms with E-state index in [1.54, 1.807) is 0 Å². The topological polar surface area (TPSA) is 57.9 Å². The van der Waals surface area contributed by atoms with Crippen LogP contribution in [0.3, 0.4) is 0 Å². The maximum Gasteiger partial charge on any atom is 0.157 e. The van der Waals surface area contributed by atoms with Crippen LogP contribution in [0.25, 0.3) is 0 Å². The van der Waals surface area contributed by atoms with Crippen LogP contribution in [-0.4, -0.2) is 11.6 Å². The van der Waals surface area contributed by atoms with E-state index in [-0.39, 0.29) is 23.9 Å². The number of carbonyl (C=O) groups excluding carboxylic acids is 2. The highest BCUT2D eigenvalue weighted by Crippen LogP contribution is 2.31. The van der Waals surface area contributed by atoms with Crippen molar-refractivity contribution in [2.24, 2.45) is 5.92 Å². The highest BCUT2D eigenvalue weighted by molar-refractivity contribution is 6.06. The molecule has 1 saturated carbocycles. The van der Waals surface area contributed by atoms with Crippen LogP contribution in [0.2, 0.25) is 0 Å². The quantitative estimate of drug-likeness (QED) is 0.669. The molecule has 3 heteroatoms. The van der Waals surface area contributed by atoms with Gasteiger partial charge in [0.05, 0.1) is 12.5 Å². The number of carbonyl (C=O) groups is 2. The van der Waals surface area contributed by atoms with Crippen molar-refractivity contribution in [3.8, 4) is 6.07 Å². The van der Waals surface area contributed by atoms with Crippen molar-refractivity contribution in [3.63, 3.8) is 0 Å². The summed E-state index contributed by atoms with van der Waals surface area (Å²) in [5.41, 5.74) is 0.903. The van der Waals surface area contributed by atoms with Crippen LogP contribution in [0.1, 0.15) is 24.3 Å². The Hall–Kier alpha value is -1.95. The van der Waals surface area contributed by atoms with Crippen LogP contribution in [0, 0.1) is 17.2 Å². The van der Waals surface area contributed by atoms with E-state index in [0.717, 1.165) is 5.56 Å². The van der Waals surface area contributed by atoms with Gasteiger partial charge in [-0.2, -0.15) is 5.26 Å². The molecular weight excluding hydrogens is 202 g/mol. The Morgan fingerprint density at radius 1 is 1.12 bits per heavy atom. The summed E-state index contributed by atoms with van der Waals surface area (Å²) in [6.07, 6.45) is 0.232. The van der Waals surface area contributed by atoms with Gasteiger partial charge in [-0.25, -0.2) is 0 Å². The molecule has 0 saturated heterocycles. The van der Waals surface area contributed by atoms with Crippen molar-refractivity contribution in [1.29, 1.82) is 5.26 Å². The molecule has 2 rings (SSSR count). The zero-order chi connectivity index (χ0) is 11.5. The Morgan fingerprint density at radius 3 is 2.44 bits per heavy atom. The molecular formula is C13H11NO2. The van der Waals surface area contributed by atoms with Gasteiger partial charge in [0, 0.05) is 5.92 Å². The van der Waals surface area contributed by atoms with E-state index >= 15 is 0 Å². The number of nitriles is 1. The summed E-state index contributed by atoms with van der Waals surface area (Å²) < 4.78 is 0. The molecule has 0 radical (unpaired) electrons. The van der Waals surface area contributed by atoms with Gasteiger partial charge < -0.3 is 0 Å². The smallest absolute Gasteiger partial charge is 0.157 e. The number of benzene rings is 1. The lowest BCUT2D eigenvalue weighted by Crippen LogP contribution is -2.30. The van der Waals surface area contributed by atoms with Crippen molar-refractivity contribution in [2.45, 2.75) is 18.8 Å². The zero-order valence-corrected chi connectivity index (χ0v) is 8.72. The van der Waals surface area contributed by atoms with Crippen molar-refractivity contribution in [1.82, 2.24) is 0 Å². The molecule has 1 aliphatic rings. The van der Waals surface area contributed by atoms with E-state index in [9.17, 15) is 9.59 Å². The Bertz CT molecular complexity index is 459. The van der Waals surface area contributed by atoms with Gasteiger partial charge in [0.15, 0.2) is 5.78 Å². The molecule has 0 spiro atoms. The normalized spacial score (nSPS) is 25.2. The predicted molar refractivity (Wildman–Crippen MR) is 57.5 cm³/mol. The number of nitrogens with zero attached hydrogens (tertiary/aromatic N) is 1. The third kappa shape index (κ3) is 1.87. The molecule has 1 aromatic rings. The summed E-state index contributed by atoms with van der Waals surface area (Å²) in [6.45, 7) is 0. The van der Waals surface area contributed by atoms with E-state index in [2.05, 4.69) is 0 Å². The first-order valence-corrected chi connectivity index (χ1v) is 5.22. The lowest BCUT2D eigenvalue weighted by Gasteiger charge is -2.23. The molecule has 2 atom stereocenters. The van der Waals surface area contributed by atoms with E-state index < -0.39 is 5.92 Å². The van der Waals surface area contributed by atoms with Gasteiger partial charge in [-0.15, -0.1) is 0 Å². The first-order chi connectivity index (χ1) is 7.72. The van der Waals surface area contributed by atoms with Crippen molar-refractivity contribution < 1.29 is 9.59 Å². The van der Waals surface area contributed by atoms with Crippen LogP contribution in [0.5, 0.6) is 0 Å². The largest absolute Gasteiger partial charge is 0.299 e. The highest BCUT2D eigenvalue weighted by Gasteiger charge is 2.35. The van der Waals surface area contributed by atoms with Crippen molar-refractivity contribution in [3.05, 3.63) is 35.9 Å². The zero-order valence-electron chi connectivity index (χ0n) is 8.72. The SMILES string of the molecule is N#CC1CC(c2ccccc2)C(=O)CC1=O. The summed E-state index contributed by atoms with van der Waals surface area (Å²) in [5, 5.41) is 8.83. The molecule has 0 heterocycles. The summed E-state index contributed by atoms with van der Waals surface area (Å²) in [5.74, 6) is -1.21. The van der Waals surface area contributed by atoms with Gasteiger partial charge in [0.2, 0.25) is 0 Å². The minimum absolute atomic E-state index is 0.0669. The second-order valence-electron chi connectivity index (χ2n) is 3.99. The predicted octanol–water partition coefficient (Wildman–Crippen LogP) is 1.84. The van der Waals surface area contributed by atoms with Crippen LogP contribution >= 0.6 is 0 Å². The molecule has 0 aliphatic heterocycles. The molecule has 3 nitrogen and oxygen atoms in total. The second kappa shape index (κ2) is 4.28. The summed E-state index contributed by atoms with van der Waals surface area (Å²) in [7, 11) is 0. The van der Waals surface area contributed by atoms with Gasteiger partial charge in [-0.3, -0.25) is 9.59 Å². The summed E-state index contributed by atoms with van der Waals surface area (Å²) >= 11 is 0. The number of rotatable bonds is 1. The maximum atomic E-state index is 11.7. The van der Waals surface area contributed by atoms with Gasteiger partial charge in [-0.1, -0.05) is 30.3 Å². The van der Waals surface area contributed by atoms with Gasteiger partial charge in [0.1, 0.15) is 11.7 Å². The van der Waals surface area contributed by atoms with Crippen LogP contribution in [0.15, 0.2) is 30.3 Å². The first kappa shape index (κ1) is 10.6. The number of Topliss-reactive ketones (excluding diaryl/α,β-unsaturated/α-hetero) is 2. The van der Waals surface area contributed by atoms with E-state index in [1.165, 1.54) is 0 Å². The van der Waals surface area contributed by atoms with Crippen LogP contribution in [-0.2, 0) is 9.59 Å². The minimum Gasteiger partial charge on any atom is -0.299 e. The second-order valence-corrected chi connectivity index (χ2v) is 3.99. The van der Waals surface area contributed by atoms with Gasteiger partial charge in [0.25, 0.3) is 0 Å². The molecule has 1 aromatic carbocycles. The maximum absolute atomic E-state index is 11.7. The lowest BCUT2D eigenvalue weighted by atomic mass is 9.77. The highest BCUT2D eigenvalue weighted by atomic mass is 16.1. The Balaban J connectivity index is 2.26. The molecule has 0 N–H and O–H groups in total. The Morgan fingerprint density at radius 2 is 1.81 bits per heavy atom. The molecule has 0 amide bonds. The molecule has 1 aliphatic carbocycles. The van der Waals surface area contributed by atoms with Crippen LogP contribution in [0.4, 0.5) is 0 Å².